The van der Waals surface area contributed by atoms with Crippen LogP contribution in [0.2, 0.25) is 0 Å². The first-order chi connectivity index (χ1) is 9.49. The quantitative estimate of drug-likeness (QED) is 0.716. The van der Waals surface area contributed by atoms with E-state index in [0.29, 0.717) is 10.8 Å². The van der Waals surface area contributed by atoms with Crippen LogP contribution in [0.15, 0.2) is 30.3 Å². The summed E-state index contributed by atoms with van der Waals surface area (Å²) in [7, 11) is 0. The first-order valence-electron chi connectivity index (χ1n) is 7.85. The van der Waals surface area contributed by atoms with Crippen LogP contribution in [0, 0.1) is 16.7 Å². The van der Waals surface area contributed by atoms with Crippen LogP contribution in [0.25, 0.3) is 0 Å². The van der Waals surface area contributed by atoms with Gasteiger partial charge in [-0.15, -0.1) is 11.8 Å². The number of thioether (sulfide) groups is 1. The number of fused-ring (bicyclic) bond motifs is 3. The van der Waals surface area contributed by atoms with Crippen molar-refractivity contribution in [1.29, 1.82) is 0 Å². The molecule has 2 aliphatic carbocycles. The van der Waals surface area contributed by atoms with Crippen molar-refractivity contribution in [2.45, 2.75) is 51.1 Å². The summed E-state index contributed by atoms with van der Waals surface area (Å²) in [6.45, 7) is 7.43. The molecule has 0 aromatic heterocycles. The van der Waals surface area contributed by atoms with Crippen LogP contribution >= 0.6 is 11.8 Å². The highest BCUT2D eigenvalue weighted by atomic mass is 32.2. The highest BCUT2D eigenvalue weighted by Gasteiger charge is 2.71. The van der Waals surface area contributed by atoms with Gasteiger partial charge in [-0.1, -0.05) is 51.1 Å². The lowest BCUT2D eigenvalue weighted by Crippen LogP contribution is -2.44. The fourth-order valence-electron chi connectivity index (χ4n) is 4.92. The van der Waals surface area contributed by atoms with Crippen LogP contribution in [0.3, 0.4) is 0 Å². The van der Waals surface area contributed by atoms with Gasteiger partial charge in [0.05, 0.1) is 6.10 Å². The molecule has 3 aliphatic rings. The van der Waals surface area contributed by atoms with Gasteiger partial charge in [-0.2, -0.15) is 0 Å². The molecule has 1 aromatic rings. The lowest BCUT2D eigenvalue weighted by Gasteiger charge is -2.45. The molecule has 2 heteroatoms. The summed E-state index contributed by atoms with van der Waals surface area (Å²) in [4.78, 5) is 0.0694. The van der Waals surface area contributed by atoms with E-state index in [-0.39, 0.29) is 11.0 Å². The standard InChI is InChI=1S/C18H24OS/c1-16(2)14-9-10-17(16,3)18(11-14)19-15(12-20-18)13-7-5-4-6-8-13/h4-8,14-15H,9-12H2,1-3H3/t14-,15+,17-,18-/m1/s1. The van der Waals surface area contributed by atoms with Crippen molar-refractivity contribution in [3.8, 4) is 0 Å². The summed E-state index contributed by atoms with van der Waals surface area (Å²) < 4.78 is 6.73. The average Bonchev–Trinajstić information content (AvgIpc) is 3.01. The van der Waals surface area contributed by atoms with E-state index in [0.717, 1.165) is 11.7 Å². The molecule has 4 atom stereocenters. The summed E-state index contributed by atoms with van der Waals surface area (Å²) >= 11 is 2.10. The van der Waals surface area contributed by atoms with Gasteiger partial charge in [-0.3, -0.25) is 0 Å². The van der Waals surface area contributed by atoms with Crippen molar-refractivity contribution in [1.82, 2.24) is 0 Å². The number of rotatable bonds is 1. The molecule has 0 amide bonds. The SMILES string of the molecule is CC1(C)[C@@H]2CC[C@@]1(C)[C@]1(C2)O[C@H](c2ccccc2)CS1. The van der Waals surface area contributed by atoms with Crippen LogP contribution in [-0.2, 0) is 4.74 Å². The van der Waals surface area contributed by atoms with Crippen LogP contribution in [0.1, 0.15) is 51.7 Å². The smallest absolute Gasteiger partial charge is 0.120 e. The highest BCUT2D eigenvalue weighted by molar-refractivity contribution is 8.00. The molecular weight excluding hydrogens is 264 g/mol. The summed E-state index contributed by atoms with van der Waals surface area (Å²) in [6, 6.07) is 10.8. The Hall–Kier alpha value is -0.470. The maximum Gasteiger partial charge on any atom is 0.120 e. The fraction of sp³-hybridized carbons (Fsp3) is 0.667. The third-order valence-electron chi connectivity index (χ3n) is 6.76. The molecule has 0 N–H and O–H groups in total. The topological polar surface area (TPSA) is 9.23 Å². The van der Waals surface area contributed by atoms with Gasteiger partial charge in [0.15, 0.2) is 0 Å². The average molecular weight is 288 g/mol. The fourth-order valence-corrected chi connectivity index (χ4v) is 6.79. The van der Waals surface area contributed by atoms with E-state index >= 15 is 0 Å². The van der Waals surface area contributed by atoms with Gasteiger partial charge >= 0.3 is 0 Å². The van der Waals surface area contributed by atoms with Crippen LogP contribution in [0.5, 0.6) is 0 Å². The molecule has 20 heavy (non-hydrogen) atoms. The third kappa shape index (κ3) is 1.45. The van der Waals surface area contributed by atoms with E-state index in [9.17, 15) is 0 Å². The second-order valence-electron chi connectivity index (χ2n) is 7.57. The van der Waals surface area contributed by atoms with Crippen molar-refractivity contribution in [2.24, 2.45) is 16.7 Å². The Morgan fingerprint density at radius 3 is 2.50 bits per heavy atom. The number of hydrogen-bond acceptors (Lipinski definition) is 2. The van der Waals surface area contributed by atoms with Crippen molar-refractivity contribution < 1.29 is 4.74 Å². The maximum atomic E-state index is 6.73. The van der Waals surface area contributed by atoms with Crippen LogP contribution in [0.4, 0.5) is 0 Å². The Morgan fingerprint density at radius 1 is 1.15 bits per heavy atom. The van der Waals surface area contributed by atoms with E-state index in [2.05, 4.69) is 62.9 Å². The molecule has 1 spiro atoms. The van der Waals surface area contributed by atoms with E-state index < -0.39 is 0 Å². The summed E-state index contributed by atoms with van der Waals surface area (Å²) in [5.74, 6) is 1.96. The lowest BCUT2D eigenvalue weighted by molar-refractivity contribution is -0.0922. The van der Waals surface area contributed by atoms with Gasteiger partial charge in [-0.25, -0.2) is 0 Å². The minimum atomic E-state index is 0.0694. The van der Waals surface area contributed by atoms with Gasteiger partial charge in [0, 0.05) is 11.2 Å². The third-order valence-corrected chi connectivity index (χ3v) is 8.41. The van der Waals surface area contributed by atoms with Gasteiger partial charge in [0.1, 0.15) is 4.93 Å². The largest absolute Gasteiger partial charge is 0.355 e. The second kappa shape index (κ2) is 4.04. The van der Waals surface area contributed by atoms with Gasteiger partial charge in [0.2, 0.25) is 0 Å². The van der Waals surface area contributed by atoms with E-state index in [4.69, 9.17) is 4.74 Å². The van der Waals surface area contributed by atoms with E-state index in [1.54, 1.807) is 0 Å². The van der Waals surface area contributed by atoms with Gasteiger partial charge in [-0.05, 0) is 36.2 Å². The Balaban J connectivity index is 1.66. The molecule has 0 unspecified atom stereocenters. The monoisotopic (exact) mass is 288 g/mol. The van der Waals surface area contributed by atoms with Gasteiger partial charge < -0.3 is 4.74 Å². The molecule has 1 heterocycles. The first-order valence-corrected chi connectivity index (χ1v) is 8.84. The summed E-state index contributed by atoms with van der Waals surface area (Å²) in [5, 5.41) is 0. The molecule has 1 saturated heterocycles. The molecule has 1 aromatic carbocycles. The van der Waals surface area contributed by atoms with Crippen molar-refractivity contribution in [3.05, 3.63) is 35.9 Å². The minimum absolute atomic E-state index is 0.0694. The Morgan fingerprint density at radius 2 is 1.90 bits per heavy atom. The van der Waals surface area contributed by atoms with Crippen molar-refractivity contribution in [2.75, 3.05) is 5.75 Å². The molecule has 2 bridgehead atoms. The first kappa shape index (κ1) is 13.2. The van der Waals surface area contributed by atoms with E-state index in [1.807, 2.05) is 0 Å². The van der Waals surface area contributed by atoms with E-state index in [1.165, 1.54) is 24.8 Å². The zero-order chi connectivity index (χ0) is 14.0. The second-order valence-corrected chi connectivity index (χ2v) is 8.86. The van der Waals surface area contributed by atoms with Crippen LogP contribution in [-0.4, -0.2) is 10.7 Å². The van der Waals surface area contributed by atoms with Crippen molar-refractivity contribution >= 4 is 11.8 Å². The Labute approximate surface area is 126 Å². The predicted molar refractivity (Wildman–Crippen MR) is 84.7 cm³/mol. The number of benzene rings is 1. The Kier molecular flexibility index (Phi) is 2.67. The molecule has 1 aliphatic heterocycles. The van der Waals surface area contributed by atoms with Gasteiger partial charge in [0.25, 0.3) is 0 Å². The minimum Gasteiger partial charge on any atom is -0.355 e. The molecule has 2 saturated carbocycles. The molecule has 0 radical (unpaired) electrons. The molecule has 1 nitrogen and oxygen atoms in total. The Bertz CT molecular complexity index is 525. The molecule has 108 valence electrons. The maximum absolute atomic E-state index is 6.73. The van der Waals surface area contributed by atoms with Crippen LogP contribution < -0.4 is 0 Å². The molecular formula is C18H24OS. The zero-order valence-electron chi connectivity index (χ0n) is 12.7. The number of ether oxygens (including phenoxy) is 1. The lowest BCUT2D eigenvalue weighted by atomic mass is 9.69. The highest BCUT2D eigenvalue weighted by Crippen LogP contribution is 2.75. The molecule has 3 fully saturated rings. The normalized spacial score (nSPS) is 45.4. The molecule has 4 rings (SSSR count). The number of hydrogen-bond donors (Lipinski definition) is 0. The summed E-state index contributed by atoms with van der Waals surface area (Å²) in [5.41, 5.74) is 2.10. The van der Waals surface area contributed by atoms with Crippen molar-refractivity contribution in [3.63, 3.8) is 0 Å². The predicted octanol–water partition coefficient (Wildman–Crippen LogP) is 5.03. The summed E-state index contributed by atoms with van der Waals surface area (Å²) in [6.07, 6.45) is 4.27. The zero-order valence-corrected chi connectivity index (χ0v) is 13.5.